The SMILES string of the molecule is Cc1cccc2c(=O)n(CCC(=O)NCC(N)c3ccc(C(C)C)cc3)cnc12. The summed E-state index contributed by atoms with van der Waals surface area (Å²) in [6.45, 7) is 6.84. The molecule has 1 amide bonds. The summed E-state index contributed by atoms with van der Waals surface area (Å²) in [6.07, 6.45) is 1.70. The number of nitrogens with zero attached hydrogens (tertiary/aromatic N) is 2. The molecule has 1 atom stereocenters. The van der Waals surface area contributed by atoms with Crippen molar-refractivity contribution in [1.29, 1.82) is 0 Å². The molecule has 0 fully saturated rings. The van der Waals surface area contributed by atoms with Gasteiger partial charge in [-0.15, -0.1) is 0 Å². The van der Waals surface area contributed by atoms with Crippen LogP contribution in [0.3, 0.4) is 0 Å². The molecule has 0 saturated heterocycles. The fourth-order valence-electron chi connectivity index (χ4n) is 3.28. The normalized spacial score (nSPS) is 12.3. The number of hydrogen-bond donors (Lipinski definition) is 2. The highest BCUT2D eigenvalue weighted by atomic mass is 16.1. The second kappa shape index (κ2) is 9.01. The summed E-state index contributed by atoms with van der Waals surface area (Å²) >= 11 is 0. The quantitative estimate of drug-likeness (QED) is 0.647. The molecule has 3 N–H and O–H groups in total. The van der Waals surface area contributed by atoms with Crippen molar-refractivity contribution in [3.05, 3.63) is 75.8 Å². The van der Waals surface area contributed by atoms with E-state index in [-0.39, 0.29) is 30.5 Å². The number of hydrogen-bond acceptors (Lipinski definition) is 4. The van der Waals surface area contributed by atoms with Crippen molar-refractivity contribution in [3.63, 3.8) is 0 Å². The smallest absolute Gasteiger partial charge is 0.261 e. The molecule has 1 heterocycles. The van der Waals surface area contributed by atoms with E-state index in [1.807, 2.05) is 31.2 Å². The van der Waals surface area contributed by atoms with Crippen molar-refractivity contribution in [1.82, 2.24) is 14.9 Å². The molecular weight excluding hydrogens is 364 g/mol. The third-order valence-corrected chi connectivity index (χ3v) is 5.19. The van der Waals surface area contributed by atoms with E-state index in [0.29, 0.717) is 23.4 Å². The van der Waals surface area contributed by atoms with Gasteiger partial charge in [0.05, 0.1) is 17.2 Å². The fraction of sp³-hybridized carbons (Fsp3) is 0.348. The predicted molar refractivity (Wildman–Crippen MR) is 116 cm³/mol. The summed E-state index contributed by atoms with van der Waals surface area (Å²) in [6, 6.07) is 13.4. The number of nitrogens with two attached hydrogens (primary N) is 1. The van der Waals surface area contributed by atoms with Crippen LogP contribution in [0.25, 0.3) is 10.9 Å². The molecule has 0 aliphatic carbocycles. The Morgan fingerprint density at radius 3 is 2.52 bits per heavy atom. The lowest BCUT2D eigenvalue weighted by Crippen LogP contribution is -2.33. The molecule has 0 aliphatic heterocycles. The Morgan fingerprint density at radius 1 is 1.14 bits per heavy atom. The van der Waals surface area contributed by atoms with Gasteiger partial charge < -0.3 is 11.1 Å². The second-order valence-electron chi connectivity index (χ2n) is 7.70. The van der Waals surface area contributed by atoms with Gasteiger partial charge in [0.2, 0.25) is 5.91 Å². The maximum absolute atomic E-state index is 12.6. The van der Waals surface area contributed by atoms with Crippen LogP contribution < -0.4 is 16.6 Å². The van der Waals surface area contributed by atoms with Gasteiger partial charge in [0.1, 0.15) is 0 Å². The summed E-state index contributed by atoms with van der Waals surface area (Å²) in [5.74, 6) is 0.326. The monoisotopic (exact) mass is 392 g/mol. The van der Waals surface area contributed by atoms with E-state index in [1.54, 1.807) is 6.07 Å². The lowest BCUT2D eigenvalue weighted by molar-refractivity contribution is -0.121. The average molecular weight is 393 g/mol. The lowest BCUT2D eigenvalue weighted by Gasteiger charge is -2.15. The Morgan fingerprint density at radius 2 is 1.83 bits per heavy atom. The molecule has 1 unspecified atom stereocenters. The molecule has 0 radical (unpaired) electrons. The number of carbonyl (C=O) groups excluding carboxylic acids is 1. The standard InChI is InChI=1S/C23H28N4O2/c1-15(2)17-7-9-18(10-8-17)20(24)13-25-21(28)11-12-27-14-26-22-16(3)5-4-6-19(22)23(27)29/h4-10,14-15,20H,11-13,24H2,1-3H3,(H,25,28). The van der Waals surface area contributed by atoms with Gasteiger partial charge in [-0.2, -0.15) is 0 Å². The third-order valence-electron chi connectivity index (χ3n) is 5.19. The van der Waals surface area contributed by atoms with Crippen LogP contribution in [0.1, 0.15) is 48.9 Å². The molecule has 6 nitrogen and oxygen atoms in total. The molecule has 1 aromatic heterocycles. The molecule has 6 heteroatoms. The van der Waals surface area contributed by atoms with Gasteiger partial charge in [0.15, 0.2) is 0 Å². The zero-order chi connectivity index (χ0) is 21.0. The number of nitrogens with one attached hydrogen (secondary N) is 1. The Labute approximate surface area is 170 Å². The van der Waals surface area contributed by atoms with Gasteiger partial charge in [0.25, 0.3) is 5.56 Å². The molecule has 2 aromatic carbocycles. The number of carbonyl (C=O) groups is 1. The first-order chi connectivity index (χ1) is 13.9. The summed E-state index contributed by atoms with van der Waals surface area (Å²) in [5.41, 5.74) is 9.97. The first kappa shape index (κ1) is 20.7. The Kier molecular flexibility index (Phi) is 6.44. The van der Waals surface area contributed by atoms with Crippen LogP contribution in [0.5, 0.6) is 0 Å². The highest BCUT2D eigenvalue weighted by molar-refractivity contribution is 5.80. The van der Waals surface area contributed by atoms with Gasteiger partial charge in [-0.05, 0) is 35.6 Å². The zero-order valence-corrected chi connectivity index (χ0v) is 17.2. The number of aryl methyl sites for hydroxylation is 2. The molecule has 3 rings (SSSR count). The van der Waals surface area contributed by atoms with E-state index in [4.69, 9.17) is 5.73 Å². The van der Waals surface area contributed by atoms with Gasteiger partial charge >= 0.3 is 0 Å². The zero-order valence-electron chi connectivity index (χ0n) is 17.2. The second-order valence-corrected chi connectivity index (χ2v) is 7.70. The van der Waals surface area contributed by atoms with E-state index < -0.39 is 0 Å². The average Bonchev–Trinajstić information content (AvgIpc) is 2.72. The number of fused-ring (bicyclic) bond motifs is 1. The molecule has 29 heavy (non-hydrogen) atoms. The summed E-state index contributed by atoms with van der Waals surface area (Å²) < 4.78 is 1.48. The fourth-order valence-corrected chi connectivity index (χ4v) is 3.28. The number of rotatable bonds is 7. The van der Waals surface area contributed by atoms with Crippen molar-refractivity contribution in [2.45, 2.75) is 45.7 Å². The summed E-state index contributed by atoms with van der Waals surface area (Å²) in [7, 11) is 0. The first-order valence-corrected chi connectivity index (χ1v) is 9.93. The topological polar surface area (TPSA) is 90.0 Å². The largest absolute Gasteiger partial charge is 0.354 e. The van der Waals surface area contributed by atoms with Crippen LogP contribution >= 0.6 is 0 Å². The van der Waals surface area contributed by atoms with E-state index in [1.165, 1.54) is 16.5 Å². The van der Waals surface area contributed by atoms with Crippen LogP contribution in [0.15, 0.2) is 53.6 Å². The van der Waals surface area contributed by atoms with Crippen molar-refractivity contribution >= 4 is 16.8 Å². The van der Waals surface area contributed by atoms with Crippen LogP contribution in [0, 0.1) is 6.92 Å². The highest BCUT2D eigenvalue weighted by Gasteiger charge is 2.11. The molecule has 0 saturated carbocycles. The number of benzene rings is 2. The van der Waals surface area contributed by atoms with Gasteiger partial charge in [-0.25, -0.2) is 4.98 Å². The predicted octanol–water partition coefficient (Wildman–Crippen LogP) is 3.03. The third kappa shape index (κ3) is 4.90. The van der Waals surface area contributed by atoms with Crippen LogP contribution in [-0.2, 0) is 11.3 Å². The van der Waals surface area contributed by atoms with Crippen LogP contribution in [0.2, 0.25) is 0 Å². The van der Waals surface area contributed by atoms with Crippen molar-refractivity contribution < 1.29 is 4.79 Å². The van der Waals surface area contributed by atoms with Crippen molar-refractivity contribution in [2.24, 2.45) is 5.73 Å². The number of aromatic nitrogens is 2. The van der Waals surface area contributed by atoms with E-state index in [2.05, 4.69) is 36.3 Å². The molecule has 0 spiro atoms. The Balaban J connectivity index is 1.55. The Hall–Kier alpha value is -2.99. The molecule has 0 aliphatic rings. The maximum atomic E-state index is 12.6. The van der Waals surface area contributed by atoms with Crippen LogP contribution in [0.4, 0.5) is 0 Å². The van der Waals surface area contributed by atoms with Crippen molar-refractivity contribution in [2.75, 3.05) is 6.54 Å². The summed E-state index contributed by atoms with van der Waals surface area (Å²) in [4.78, 5) is 29.2. The maximum Gasteiger partial charge on any atom is 0.261 e. The van der Waals surface area contributed by atoms with E-state index in [9.17, 15) is 9.59 Å². The first-order valence-electron chi connectivity index (χ1n) is 9.93. The molecule has 3 aromatic rings. The lowest BCUT2D eigenvalue weighted by atomic mass is 9.99. The van der Waals surface area contributed by atoms with Crippen molar-refractivity contribution in [3.8, 4) is 0 Å². The minimum atomic E-state index is -0.270. The summed E-state index contributed by atoms with van der Waals surface area (Å²) in [5, 5.41) is 3.42. The van der Waals surface area contributed by atoms with Crippen LogP contribution in [-0.4, -0.2) is 22.0 Å². The molecule has 0 bridgehead atoms. The van der Waals surface area contributed by atoms with E-state index in [0.717, 1.165) is 11.1 Å². The Bertz CT molecular complexity index is 1050. The van der Waals surface area contributed by atoms with E-state index >= 15 is 0 Å². The minimum Gasteiger partial charge on any atom is -0.354 e. The minimum absolute atomic E-state index is 0.131. The number of para-hydroxylation sites is 1. The van der Waals surface area contributed by atoms with Gasteiger partial charge in [-0.1, -0.05) is 50.2 Å². The highest BCUT2D eigenvalue weighted by Crippen LogP contribution is 2.17. The number of amides is 1. The molecule has 152 valence electrons. The molecular formula is C23H28N4O2. The van der Waals surface area contributed by atoms with Gasteiger partial charge in [0, 0.05) is 25.6 Å². The van der Waals surface area contributed by atoms with Gasteiger partial charge in [-0.3, -0.25) is 14.2 Å².